The second-order valence-corrected chi connectivity index (χ2v) is 7.34. The highest BCUT2D eigenvalue weighted by Gasteiger charge is 2.18. The first-order chi connectivity index (χ1) is 9.91. The van der Waals surface area contributed by atoms with Crippen molar-refractivity contribution in [3.8, 4) is 0 Å². The summed E-state index contributed by atoms with van der Waals surface area (Å²) >= 11 is 0. The Labute approximate surface area is 126 Å². The number of aryl methyl sites for hydroxylation is 1. The number of nitrogens with one attached hydrogen (secondary N) is 2. The monoisotopic (exact) mass is 313 g/mol. The van der Waals surface area contributed by atoms with Crippen LogP contribution in [0, 0.1) is 6.92 Å². The third-order valence-corrected chi connectivity index (χ3v) is 5.02. The Hall–Kier alpha value is -1.25. The van der Waals surface area contributed by atoms with Crippen molar-refractivity contribution in [1.82, 2.24) is 19.6 Å². The molecule has 1 aromatic rings. The molecule has 0 unspecified atom stereocenters. The van der Waals surface area contributed by atoms with Gasteiger partial charge in [0.1, 0.15) is 11.6 Å². The fourth-order valence-electron chi connectivity index (χ4n) is 2.39. The standard InChI is InChI=1S/C13H23N5O2S/c1-10-16-12-5-8-18(3)7-4-11(12)13(17-10)15-6-9-21(19,20)14-2/h14H,4-9H2,1-3H3,(H,15,16,17). The van der Waals surface area contributed by atoms with Crippen molar-refractivity contribution < 1.29 is 8.42 Å². The molecule has 2 N–H and O–H groups in total. The van der Waals surface area contributed by atoms with Crippen LogP contribution in [-0.4, -0.2) is 62.8 Å². The number of aromatic nitrogens is 2. The first-order valence-corrected chi connectivity index (χ1v) is 8.76. The lowest BCUT2D eigenvalue weighted by Crippen LogP contribution is -2.26. The first-order valence-electron chi connectivity index (χ1n) is 7.11. The second-order valence-electron chi connectivity index (χ2n) is 5.30. The van der Waals surface area contributed by atoms with Gasteiger partial charge in [0.15, 0.2) is 0 Å². The maximum absolute atomic E-state index is 11.5. The molecule has 2 heterocycles. The molecule has 118 valence electrons. The highest BCUT2D eigenvalue weighted by Crippen LogP contribution is 2.21. The third-order valence-electron chi connectivity index (χ3n) is 3.65. The number of hydrogen-bond donors (Lipinski definition) is 2. The van der Waals surface area contributed by atoms with Crippen molar-refractivity contribution in [2.24, 2.45) is 0 Å². The number of fused-ring (bicyclic) bond motifs is 1. The number of sulfonamides is 1. The zero-order valence-corrected chi connectivity index (χ0v) is 13.6. The molecule has 7 nitrogen and oxygen atoms in total. The number of nitrogens with zero attached hydrogens (tertiary/aromatic N) is 3. The van der Waals surface area contributed by atoms with Gasteiger partial charge >= 0.3 is 0 Å². The van der Waals surface area contributed by atoms with Crippen LogP contribution < -0.4 is 10.0 Å². The van der Waals surface area contributed by atoms with Crippen molar-refractivity contribution in [3.63, 3.8) is 0 Å². The summed E-state index contributed by atoms with van der Waals surface area (Å²) in [5, 5.41) is 3.16. The fourth-order valence-corrected chi connectivity index (χ4v) is 2.96. The van der Waals surface area contributed by atoms with Gasteiger partial charge in [-0.2, -0.15) is 0 Å². The molecule has 0 radical (unpaired) electrons. The fraction of sp³-hybridized carbons (Fsp3) is 0.692. The Morgan fingerprint density at radius 1 is 1.24 bits per heavy atom. The molecular formula is C13H23N5O2S. The molecule has 1 aromatic heterocycles. The summed E-state index contributed by atoms with van der Waals surface area (Å²) in [6.07, 6.45) is 1.78. The number of rotatable bonds is 5. The minimum Gasteiger partial charge on any atom is -0.369 e. The van der Waals surface area contributed by atoms with Gasteiger partial charge in [-0.3, -0.25) is 0 Å². The van der Waals surface area contributed by atoms with Gasteiger partial charge in [0.2, 0.25) is 10.0 Å². The molecule has 0 spiro atoms. The van der Waals surface area contributed by atoms with Crippen LogP contribution >= 0.6 is 0 Å². The van der Waals surface area contributed by atoms with Gasteiger partial charge in [-0.25, -0.2) is 23.1 Å². The summed E-state index contributed by atoms with van der Waals surface area (Å²) in [5.41, 5.74) is 2.19. The molecule has 1 aliphatic rings. The molecule has 0 bridgehead atoms. The van der Waals surface area contributed by atoms with E-state index in [0.717, 1.165) is 48.8 Å². The topological polar surface area (TPSA) is 87.2 Å². The summed E-state index contributed by atoms with van der Waals surface area (Å²) in [7, 11) is 0.317. The molecule has 2 rings (SSSR count). The smallest absolute Gasteiger partial charge is 0.213 e. The van der Waals surface area contributed by atoms with E-state index in [1.807, 2.05) is 6.92 Å². The van der Waals surface area contributed by atoms with Crippen molar-refractivity contribution in [2.45, 2.75) is 19.8 Å². The molecule has 0 aliphatic carbocycles. The number of anilines is 1. The second kappa shape index (κ2) is 6.67. The number of hydrogen-bond acceptors (Lipinski definition) is 6. The van der Waals surface area contributed by atoms with E-state index in [-0.39, 0.29) is 5.75 Å². The normalized spacial score (nSPS) is 16.3. The zero-order valence-electron chi connectivity index (χ0n) is 12.8. The number of likely N-dealkylation sites (N-methyl/N-ethyl adjacent to an activating group) is 1. The summed E-state index contributed by atoms with van der Waals surface area (Å²) in [4.78, 5) is 11.2. The molecular weight excluding hydrogens is 290 g/mol. The average Bonchev–Trinajstić information content (AvgIpc) is 2.61. The molecule has 0 fully saturated rings. The van der Waals surface area contributed by atoms with Crippen LogP contribution in [0.25, 0.3) is 0 Å². The van der Waals surface area contributed by atoms with Crippen molar-refractivity contribution in [3.05, 3.63) is 17.1 Å². The zero-order chi connectivity index (χ0) is 15.5. The van der Waals surface area contributed by atoms with Crippen molar-refractivity contribution >= 4 is 15.8 Å². The Morgan fingerprint density at radius 3 is 2.67 bits per heavy atom. The van der Waals surface area contributed by atoms with Gasteiger partial charge in [0, 0.05) is 31.6 Å². The molecule has 21 heavy (non-hydrogen) atoms. The van der Waals surface area contributed by atoms with Crippen LogP contribution in [0.4, 0.5) is 5.82 Å². The largest absolute Gasteiger partial charge is 0.369 e. The Balaban J connectivity index is 2.14. The van der Waals surface area contributed by atoms with E-state index in [1.54, 1.807) is 0 Å². The maximum atomic E-state index is 11.5. The van der Waals surface area contributed by atoms with E-state index in [2.05, 4.69) is 32.0 Å². The summed E-state index contributed by atoms with van der Waals surface area (Å²) in [6, 6.07) is 0. The van der Waals surface area contributed by atoms with Gasteiger partial charge < -0.3 is 10.2 Å². The quantitative estimate of drug-likeness (QED) is 0.781. The van der Waals surface area contributed by atoms with E-state index in [4.69, 9.17) is 0 Å². The molecule has 0 saturated heterocycles. The molecule has 0 saturated carbocycles. The first kappa shape index (κ1) is 16.1. The van der Waals surface area contributed by atoms with Crippen LogP contribution in [0.5, 0.6) is 0 Å². The third kappa shape index (κ3) is 4.36. The summed E-state index contributed by atoms with van der Waals surface area (Å²) < 4.78 is 25.2. The van der Waals surface area contributed by atoms with Crippen LogP contribution in [-0.2, 0) is 22.9 Å². The SMILES string of the molecule is CNS(=O)(=O)CCNc1nc(C)nc2c1CCN(C)CC2. The van der Waals surface area contributed by atoms with Gasteiger partial charge in [-0.05, 0) is 27.4 Å². The van der Waals surface area contributed by atoms with Gasteiger partial charge in [0.05, 0.1) is 11.4 Å². The minimum absolute atomic E-state index is 0.0290. The van der Waals surface area contributed by atoms with Crippen molar-refractivity contribution in [1.29, 1.82) is 0 Å². The Bertz CT molecular complexity index is 603. The maximum Gasteiger partial charge on any atom is 0.213 e. The molecule has 8 heteroatoms. The highest BCUT2D eigenvalue weighted by molar-refractivity contribution is 7.89. The Kier molecular flexibility index (Phi) is 5.13. The van der Waals surface area contributed by atoms with E-state index in [0.29, 0.717) is 6.54 Å². The predicted octanol–water partition coefficient (Wildman–Crippen LogP) is -0.223. The van der Waals surface area contributed by atoms with Gasteiger partial charge in [0.25, 0.3) is 0 Å². The van der Waals surface area contributed by atoms with Gasteiger partial charge in [-0.15, -0.1) is 0 Å². The molecule has 0 amide bonds. The lowest BCUT2D eigenvalue weighted by molar-refractivity contribution is 0.352. The summed E-state index contributed by atoms with van der Waals surface area (Å²) in [5.74, 6) is 1.53. The van der Waals surface area contributed by atoms with E-state index in [9.17, 15) is 8.42 Å². The van der Waals surface area contributed by atoms with Gasteiger partial charge in [-0.1, -0.05) is 0 Å². The lowest BCUT2D eigenvalue weighted by atomic mass is 10.1. The minimum atomic E-state index is -3.20. The predicted molar refractivity (Wildman–Crippen MR) is 83.0 cm³/mol. The highest BCUT2D eigenvalue weighted by atomic mass is 32.2. The Morgan fingerprint density at radius 2 is 1.95 bits per heavy atom. The van der Waals surface area contributed by atoms with E-state index in [1.165, 1.54) is 7.05 Å². The summed E-state index contributed by atoms with van der Waals surface area (Å²) in [6.45, 7) is 4.15. The van der Waals surface area contributed by atoms with Crippen LogP contribution in [0.1, 0.15) is 17.1 Å². The lowest BCUT2D eigenvalue weighted by Gasteiger charge is -2.14. The van der Waals surface area contributed by atoms with Crippen molar-refractivity contribution in [2.75, 3.05) is 44.8 Å². The van der Waals surface area contributed by atoms with E-state index < -0.39 is 10.0 Å². The molecule has 0 atom stereocenters. The van der Waals surface area contributed by atoms with E-state index >= 15 is 0 Å². The van der Waals surface area contributed by atoms with Crippen LogP contribution in [0.2, 0.25) is 0 Å². The van der Waals surface area contributed by atoms with Crippen LogP contribution in [0.15, 0.2) is 0 Å². The molecule has 1 aliphatic heterocycles. The average molecular weight is 313 g/mol. The molecule has 0 aromatic carbocycles. The van der Waals surface area contributed by atoms with Crippen LogP contribution in [0.3, 0.4) is 0 Å².